The predicted molar refractivity (Wildman–Crippen MR) is 134 cm³/mol. The Morgan fingerprint density at radius 1 is 0.907 bits per heavy atom. The zero-order chi connectivity index (χ0) is 32.1. The van der Waals surface area contributed by atoms with E-state index in [2.05, 4.69) is 4.74 Å². The molecular weight excluding hydrogens is 631 g/mol. The number of carbonyl (C=O) groups is 2. The second kappa shape index (κ2) is 10.5. The maximum absolute atomic E-state index is 13.8. The molecule has 0 radical (unpaired) electrons. The Bertz CT molecular complexity index is 1190. The van der Waals surface area contributed by atoms with Crippen LogP contribution in [0.25, 0.3) is 0 Å². The summed E-state index contributed by atoms with van der Waals surface area (Å²) < 4.78 is 150. The number of aldehydes is 1. The summed E-state index contributed by atoms with van der Waals surface area (Å²) in [6.45, 7) is 0.462. The van der Waals surface area contributed by atoms with Crippen molar-refractivity contribution in [2.24, 2.45) is 11.3 Å². The molecule has 0 saturated carbocycles. The minimum atomic E-state index is -10.0. The van der Waals surface area contributed by atoms with Crippen molar-refractivity contribution >= 4 is 28.3 Å². The average molecular weight is 662 g/mol. The van der Waals surface area contributed by atoms with Crippen molar-refractivity contribution < 1.29 is 60.1 Å². The van der Waals surface area contributed by atoms with Gasteiger partial charge in [0.05, 0.1) is 0 Å². The lowest BCUT2D eigenvalue weighted by Crippen LogP contribution is -2.48. The molecule has 18 heteroatoms. The number of hydrogen-bond acceptors (Lipinski definition) is 5. The SMILES string of the molecule is O=CC1CCN(c2cc(CN3CCC4(CC3)CCN(C(=O)OC(C(F)(F)F)C(F)(F)F)C4)cc(S(F)(F)(F)(F)F)c2)CC1. The van der Waals surface area contributed by atoms with Crippen molar-refractivity contribution in [3.63, 3.8) is 0 Å². The van der Waals surface area contributed by atoms with Crippen LogP contribution >= 0.6 is 10.2 Å². The molecular formula is C25H30F11N3O3S. The maximum Gasteiger partial charge on any atom is 0.434 e. The lowest BCUT2D eigenvalue weighted by molar-refractivity contribution is -0.308. The number of carbonyl (C=O) groups excluding carboxylic acids is 2. The molecule has 0 aromatic heterocycles. The van der Waals surface area contributed by atoms with Crippen molar-refractivity contribution in [1.29, 1.82) is 0 Å². The molecule has 246 valence electrons. The third kappa shape index (κ3) is 8.16. The van der Waals surface area contributed by atoms with Gasteiger partial charge in [0, 0.05) is 44.3 Å². The van der Waals surface area contributed by atoms with Crippen LogP contribution < -0.4 is 4.90 Å². The van der Waals surface area contributed by atoms with Crippen molar-refractivity contribution in [2.45, 2.75) is 62.0 Å². The van der Waals surface area contributed by atoms with Gasteiger partial charge in [-0.1, -0.05) is 19.4 Å². The van der Waals surface area contributed by atoms with Crippen LogP contribution in [0, 0.1) is 11.3 Å². The Kier molecular flexibility index (Phi) is 8.19. The molecule has 4 rings (SSSR count). The van der Waals surface area contributed by atoms with Gasteiger partial charge in [-0.05, 0) is 74.4 Å². The molecule has 0 unspecified atom stereocenters. The monoisotopic (exact) mass is 661 g/mol. The van der Waals surface area contributed by atoms with Gasteiger partial charge in [0.15, 0.2) is 0 Å². The number of amides is 1. The van der Waals surface area contributed by atoms with E-state index in [9.17, 15) is 55.4 Å². The lowest BCUT2D eigenvalue weighted by Gasteiger charge is -2.42. The summed E-state index contributed by atoms with van der Waals surface area (Å²) in [7, 11) is -10.0. The summed E-state index contributed by atoms with van der Waals surface area (Å²) in [6.07, 6.45) is -15.3. The average Bonchev–Trinajstić information content (AvgIpc) is 3.29. The summed E-state index contributed by atoms with van der Waals surface area (Å²) in [6, 6.07) is 2.23. The highest BCUT2D eigenvalue weighted by Gasteiger charge is 2.65. The highest BCUT2D eigenvalue weighted by atomic mass is 32.5. The second-order valence-electron chi connectivity index (χ2n) is 11.6. The highest BCUT2D eigenvalue weighted by Crippen LogP contribution is 3.02. The van der Waals surface area contributed by atoms with Gasteiger partial charge in [0.2, 0.25) is 0 Å². The maximum atomic E-state index is 13.8. The largest absolute Gasteiger partial charge is 0.434 e. The molecule has 0 bridgehead atoms. The molecule has 3 saturated heterocycles. The summed E-state index contributed by atoms with van der Waals surface area (Å²) in [5.74, 6) is -0.265. The fraction of sp³-hybridized carbons (Fsp3) is 0.680. The van der Waals surface area contributed by atoms with E-state index in [0.29, 0.717) is 37.8 Å². The molecule has 1 aromatic rings. The van der Waals surface area contributed by atoms with Crippen molar-refractivity contribution in [3.8, 4) is 0 Å². The van der Waals surface area contributed by atoms with Crippen LogP contribution in [-0.4, -0.2) is 79.9 Å². The molecule has 1 aromatic carbocycles. The van der Waals surface area contributed by atoms with Gasteiger partial charge in [-0.3, -0.25) is 4.90 Å². The molecule has 3 fully saturated rings. The van der Waals surface area contributed by atoms with Crippen LogP contribution in [0.1, 0.15) is 37.7 Å². The van der Waals surface area contributed by atoms with Crippen LogP contribution in [0.5, 0.6) is 0 Å². The molecule has 1 amide bonds. The number of piperidine rings is 2. The van der Waals surface area contributed by atoms with Gasteiger partial charge >= 0.3 is 28.7 Å². The van der Waals surface area contributed by atoms with Crippen LogP contribution in [0.3, 0.4) is 0 Å². The van der Waals surface area contributed by atoms with Crippen LogP contribution in [-0.2, 0) is 16.1 Å². The van der Waals surface area contributed by atoms with E-state index in [-0.39, 0.29) is 69.4 Å². The van der Waals surface area contributed by atoms with E-state index in [1.54, 1.807) is 4.90 Å². The summed E-state index contributed by atoms with van der Waals surface area (Å²) in [4.78, 5) is 25.2. The Balaban J connectivity index is 1.42. The van der Waals surface area contributed by atoms with E-state index >= 15 is 0 Å². The first-order chi connectivity index (χ1) is 19.5. The van der Waals surface area contributed by atoms with Crippen LogP contribution in [0.2, 0.25) is 0 Å². The Morgan fingerprint density at radius 2 is 1.47 bits per heavy atom. The van der Waals surface area contributed by atoms with Gasteiger partial charge in [0.25, 0.3) is 6.10 Å². The van der Waals surface area contributed by atoms with Gasteiger partial charge in [0.1, 0.15) is 11.2 Å². The van der Waals surface area contributed by atoms with Gasteiger partial charge < -0.3 is 19.3 Å². The van der Waals surface area contributed by atoms with Crippen molar-refractivity contribution in [3.05, 3.63) is 23.8 Å². The van der Waals surface area contributed by atoms with E-state index in [1.807, 2.05) is 0 Å². The topological polar surface area (TPSA) is 53.1 Å². The third-order valence-corrected chi connectivity index (χ3v) is 9.45. The van der Waals surface area contributed by atoms with E-state index in [0.717, 1.165) is 11.2 Å². The van der Waals surface area contributed by atoms with Gasteiger partial charge in [-0.2, -0.15) is 26.3 Å². The molecule has 6 nitrogen and oxygen atoms in total. The smallest absolute Gasteiger partial charge is 0.426 e. The first-order valence-corrected chi connectivity index (χ1v) is 15.3. The fourth-order valence-corrected chi connectivity index (χ4v) is 6.59. The molecule has 0 atom stereocenters. The van der Waals surface area contributed by atoms with E-state index < -0.39 is 45.1 Å². The molecule has 1 spiro atoms. The first-order valence-electron chi connectivity index (χ1n) is 13.4. The minimum absolute atomic E-state index is 0.0174. The minimum Gasteiger partial charge on any atom is -0.426 e. The van der Waals surface area contributed by atoms with E-state index in [4.69, 9.17) is 0 Å². The molecule has 3 aliphatic heterocycles. The summed E-state index contributed by atoms with van der Waals surface area (Å²) >= 11 is 0. The predicted octanol–water partition coefficient (Wildman–Crippen LogP) is 7.68. The Hall–Kier alpha value is -2.50. The van der Waals surface area contributed by atoms with Gasteiger partial charge in [-0.15, -0.1) is 0 Å². The molecule has 0 aliphatic carbocycles. The quantitative estimate of drug-likeness (QED) is 0.231. The Morgan fingerprint density at radius 3 is 1.98 bits per heavy atom. The molecule has 3 heterocycles. The summed E-state index contributed by atoms with van der Waals surface area (Å²) in [5, 5.41) is 0. The standard InChI is InChI=1S/C25H30F11N3O3S/c26-24(27,28)21(25(29,30)31)42-22(41)39-10-5-23(16-39)3-8-37(9-4-23)14-18-11-19(38-6-1-17(15-40)2-7-38)13-20(12-18)43(32,33,34,35)36/h11-13,15,17,21H,1-10,14,16H2. The molecule has 3 aliphatic rings. The number of likely N-dealkylation sites (tertiary alicyclic amines) is 2. The zero-order valence-electron chi connectivity index (χ0n) is 22.6. The van der Waals surface area contributed by atoms with Crippen LogP contribution in [0.15, 0.2) is 23.1 Å². The zero-order valence-corrected chi connectivity index (χ0v) is 23.4. The third-order valence-electron chi connectivity index (χ3n) is 8.33. The van der Waals surface area contributed by atoms with Crippen molar-refractivity contribution in [1.82, 2.24) is 9.80 Å². The number of hydrogen-bond donors (Lipinski definition) is 0. The number of rotatable bonds is 6. The summed E-state index contributed by atoms with van der Waals surface area (Å²) in [5.41, 5.74) is -0.711. The second-order valence-corrected chi connectivity index (χ2v) is 14.0. The van der Waals surface area contributed by atoms with E-state index in [1.165, 1.54) is 11.0 Å². The number of nitrogens with zero attached hydrogens (tertiary/aromatic N) is 3. The number of anilines is 1. The first kappa shape index (κ1) is 33.4. The molecule has 43 heavy (non-hydrogen) atoms. The number of halogens is 11. The molecule has 0 N–H and O–H groups in total. The normalized spacial score (nSPS) is 22.5. The lowest BCUT2D eigenvalue weighted by atomic mass is 9.77. The number of alkyl halides is 6. The van der Waals surface area contributed by atoms with Crippen molar-refractivity contribution in [2.75, 3.05) is 44.2 Å². The number of benzene rings is 1. The van der Waals surface area contributed by atoms with Gasteiger partial charge in [-0.25, -0.2) is 4.79 Å². The highest BCUT2D eigenvalue weighted by molar-refractivity contribution is 8.45. The van der Waals surface area contributed by atoms with Crippen LogP contribution in [0.4, 0.5) is 56.3 Å². The Labute approximate surface area is 239 Å². The fourth-order valence-electron chi connectivity index (χ4n) is 5.87. The number of ether oxygens (including phenoxy) is 1.